The van der Waals surface area contributed by atoms with Gasteiger partial charge in [0, 0.05) is 17.2 Å². The molecule has 0 amide bonds. The molecule has 0 spiro atoms. The summed E-state index contributed by atoms with van der Waals surface area (Å²) < 4.78 is 14.1. The molecular weight excluding hydrogens is 452 g/mol. The Balaban J connectivity index is 1.41. The summed E-state index contributed by atoms with van der Waals surface area (Å²) >= 11 is 0. The van der Waals surface area contributed by atoms with Gasteiger partial charge in [-0.05, 0) is 56.0 Å². The zero-order valence-electron chi connectivity index (χ0n) is 20.4. The first-order valence-corrected chi connectivity index (χ1v) is 12.4. The minimum absolute atomic E-state index is 0.0157. The molecule has 2 N–H and O–H groups in total. The Morgan fingerprint density at radius 3 is 2.56 bits per heavy atom. The third-order valence-corrected chi connectivity index (χ3v) is 7.88. The topological polar surface area (TPSA) is 87.6 Å². The molecule has 1 fully saturated rings. The van der Waals surface area contributed by atoms with Crippen molar-refractivity contribution in [2.24, 2.45) is 0 Å². The summed E-state index contributed by atoms with van der Waals surface area (Å²) in [7, 11) is 0. The van der Waals surface area contributed by atoms with Gasteiger partial charge in [0.25, 0.3) is 0 Å². The Kier molecular flexibility index (Phi) is 5.03. The second-order valence-electron chi connectivity index (χ2n) is 9.95. The van der Waals surface area contributed by atoms with Crippen LogP contribution in [-0.4, -0.2) is 21.4 Å². The number of rotatable bonds is 6. The van der Waals surface area contributed by atoms with Gasteiger partial charge in [-0.1, -0.05) is 43.3 Å². The zero-order valence-corrected chi connectivity index (χ0v) is 20.4. The predicted molar refractivity (Wildman–Crippen MR) is 137 cm³/mol. The molecule has 2 aliphatic rings. The van der Waals surface area contributed by atoms with Crippen molar-refractivity contribution in [2.75, 3.05) is 6.61 Å². The van der Waals surface area contributed by atoms with E-state index in [1.54, 1.807) is 12.1 Å². The third-order valence-electron chi connectivity index (χ3n) is 7.88. The molecule has 2 bridgehead atoms. The predicted octanol–water partition coefficient (Wildman–Crippen LogP) is 6.18. The molecule has 2 aliphatic heterocycles. The van der Waals surface area contributed by atoms with Crippen LogP contribution < -0.4 is 4.74 Å². The lowest BCUT2D eigenvalue weighted by Crippen LogP contribution is -2.25. The van der Waals surface area contributed by atoms with Crippen molar-refractivity contribution < 1.29 is 19.7 Å². The molecule has 1 saturated heterocycles. The third kappa shape index (κ3) is 3.13. The Morgan fingerprint density at radius 2 is 1.78 bits per heavy atom. The molecule has 6 rings (SSSR count). The number of fused-ring (bicyclic) bond motifs is 6. The van der Waals surface area contributed by atoms with Gasteiger partial charge in [0.2, 0.25) is 11.8 Å². The lowest BCUT2D eigenvalue weighted by atomic mass is 9.78. The van der Waals surface area contributed by atoms with E-state index in [1.165, 1.54) is 10.1 Å². The fourth-order valence-corrected chi connectivity index (χ4v) is 6.10. The van der Waals surface area contributed by atoms with E-state index in [9.17, 15) is 15.5 Å². The second-order valence-corrected chi connectivity index (χ2v) is 9.95. The highest BCUT2D eigenvalue weighted by Crippen LogP contribution is 2.65. The quantitative estimate of drug-likeness (QED) is 0.344. The lowest BCUT2D eigenvalue weighted by molar-refractivity contribution is -0.0876. The molecule has 36 heavy (non-hydrogen) atoms. The summed E-state index contributed by atoms with van der Waals surface area (Å²) in [6.45, 7) is 4.52. The van der Waals surface area contributed by atoms with Gasteiger partial charge >= 0.3 is 0 Å². The summed E-state index contributed by atoms with van der Waals surface area (Å²) in [5.74, 6) is 0.783. The second kappa shape index (κ2) is 8.04. The molecule has 0 aliphatic carbocycles. The maximum absolute atomic E-state index is 11.6. The number of ether oxygens (including phenoxy) is 2. The number of hydrogen-bond donors (Lipinski definition) is 2. The van der Waals surface area contributed by atoms with E-state index < -0.39 is 11.2 Å². The molecule has 0 radical (unpaired) electrons. The molecule has 1 aromatic heterocycles. The first-order valence-electron chi connectivity index (χ1n) is 12.4. The first-order chi connectivity index (χ1) is 17.4. The average molecular weight is 481 g/mol. The summed E-state index contributed by atoms with van der Waals surface area (Å²) in [6, 6.07) is 21.3. The summed E-state index contributed by atoms with van der Waals surface area (Å²) in [4.78, 5) is 0. The van der Waals surface area contributed by atoms with Crippen LogP contribution in [0, 0.1) is 11.3 Å². The van der Waals surface area contributed by atoms with Gasteiger partial charge in [-0.3, -0.25) is 4.57 Å². The van der Waals surface area contributed by atoms with Crippen molar-refractivity contribution in [2.45, 2.75) is 50.7 Å². The minimum Gasteiger partial charge on any atom is -0.494 e. The smallest absolute Gasteiger partial charge is 0.205 e. The number of aromatic nitrogens is 1. The number of nitrogens with zero attached hydrogens (tertiary/aromatic N) is 2. The number of hydrogen-bond acceptors (Lipinski definition) is 5. The highest BCUT2D eigenvalue weighted by atomic mass is 16.5. The van der Waals surface area contributed by atoms with Gasteiger partial charge < -0.3 is 19.7 Å². The van der Waals surface area contributed by atoms with Gasteiger partial charge in [0.05, 0.1) is 40.7 Å². The maximum Gasteiger partial charge on any atom is 0.205 e. The molecule has 6 heteroatoms. The molecular formula is C30H28N2O4. The largest absolute Gasteiger partial charge is 0.494 e. The molecule has 0 saturated carbocycles. The van der Waals surface area contributed by atoms with Gasteiger partial charge in [0.1, 0.15) is 11.4 Å². The highest BCUT2D eigenvalue weighted by Gasteiger charge is 2.61. The van der Waals surface area contributed by atoms with Crippen molar-refractivity contribution in [3.05, 3.63) is 82.9 Å². The molecule has 182 valence electrons. The van der Waals surface area contributed by atoms with E-state index in [-0.39, 0.29) is 11.8 Å². The average Bonchev–Trinajstić information content (AvgIpc) is 3.48. The van der Waals surface area contributed by atoms with Crippen molar-refractivity contribution >= 4 is 10.8 Å². The van der Waals surface area contributed by atoms with Crippen LogP contribution in [0.5, 0.6) is 17.5 Å². The van der Waals surface area contributed by atoms with Crippen LogP contribution in [0.2, 0.25) is 0 Å². The van der Waals surface area contributed by atoms with Crippen molar-refractivity contribution in [3.8, 4) is 29.3 Å². The standard InChI is InChI=1S/C30H28N2O4/c1-3-19-7-6-8-21(17-19)35-16-15-30-14-13-29(2,36-30)25-26(30)28(34)32(27(25)33)24-12-11-20(18-31)22-9-4-5-10-23(22)24/h4-12,17,33-34H,3,13-16H2,1-2H3/t29-,30-/m0/s1. The summed E-state index contributed by atoms with van der Waals surface area (Å²) in [5, 5.41) is 34.1. The van der Waals surface area contributed by atoms with E-state index in [2.05, 4.69) is 19.1 Å². The molecule has 0 unspecified atom stereocenters. The van der Waals surface area contributed by atoms with E-state index in [1.807, 2.05) is 49.4 Å². The van der Waals surface area contributed by atoms with E-state index >= 15 is 0 Å². The van der Waals surface area contributed by atoms with Crippen molar-refractivity contribution in [3.63, 3.8) is 0 Å². The maximum atomic E-state index is 11.6. The molecule has 3 heterocycles. The number of nitriles is 1. The molecule has 6 nitrogen and oxygen atoms in total. The van der Waals surface area contributed by atoms with Crippen LogP contribution in [-0.2, 0) is 22.4 Å². The van der Waals surface area contributed by atoms with Crippen molar-refractivity contribution in [1.29, 1.82) is 5.26 Å². The molecule has 4 aromatic rings. The van der Waals surface area contributed by atoms with Crippen LogP contribution in [0.15, 0.2) is 60.7 Å². The minimum atomic E-state index is -0.734. The fraction of sp³-hybridized carbons (Fsp3) is 0.300. The normalized spacial score (nSPS) is 22.0. The van der Waals surface area contributed by atoms with E-state index in [0.29, 0.717) is 35.4 Å². The van der Waals surface area contributed by atoms with Crippen LogP contribution >= 0.6 is 0 Å². The Hall–Kier alpha value is -3.95. The van der Waals surface area contributed by atoms with Gasteiger partial charge in [0.15, 0.2) is 0 Å². The Labute approximate surface area is 209 Å². The molecule has 2 atom stereocenters. The Bertz CT molecular complexity index is 1550. The van der Waals surface area contributed by atoms with Crippen molar-refractivity contribution in [1.82, 2.24) is 4.57 Å². The van der Waals surface area contributed by atoms with Crippen LogP contribution in [0.25, 0.3) is 16.5 Å². The zero-order chi connectivity index (χ0) is 25.1. The Morgan fingerprint density at radius 1 is 1.00 bits per heavy atom. The first kappa shape index (κ1) is 22.5. The van der Waals surface area contributed by atoms with Crippen LogP contribution in [0.4, 0.5) is 0 Å². The number of benzene rings is 3. The SMILES string of the molecule is CCc1cccc(OCC[C@]23CC[C@](C)(O2)c2c3c(O)n(-c3ccc(C#N)c4ccccc34)c2O)c1. The highest BCUT2D eigenvalue weighted by molar-refractivity contribution is 5.95. The van der Waals surface area contributed by atoms with Crippen LogP contribution in [0.3, 0.4) is 0 Å². The molecule has 3 aromatic carbocycles. The number of aryl methyl sites for hydroxylation is 1. The van der Waals surface area contributed by atoms with E-state index in [0.717, 1.165) is 35.8 Å². The summed E-state index contributed by atoms with van der Waals surface area (Å²) in [6.07, 6.45) is 2.98. The fourth-order valence-electron chi connectivity index (χ4n) is 6.10. The monoisotopic (exact) mass is 480 g/mol. The number of aromatic hydroxyl groups is 2. The van der Waals surface area contributed by atoms with Crippen LogP contribution in [0.1, 0.15) is 55.4 Å². The van der Waals surface area contributed by atoms with Gasteiger partial charge in [-0.25, -0.2) is 0 Å². The lowest BCUT2D eigenvalue weighted by Gasteiger charge is -2.26. The van der Waals surface area contributed by atoms with Gasteiger partial charge in [-0.2, -0.15) is 5.26 Å². The van der Waals surface area contributed by atoms with Gasteiger partial charge in [-0.15, -0.1) is 0 Å². The van der Waals surface area contributed by atoms with E-state index in [4.69, 9.17) is 9.47 Å². The summed E-state index contributed by atoms with van der Waals surface area (Å²) in [5.41, 5.74) is 2.26.